The fourth-order valence-corrected chi connectivity index (χ4v) is 5.30. The highest BCUT2D eigenvalue weighted by Crippen LogP contribution is 2.48. The second-order valence-electron chi connectivity index (χ2n) is 9.14. The van der Waals surface area contributed by atoms with Crippen LogP contribution in [0.4, 0.5) is 0 Å². The number of hydrogen-bond donors (Lipinski definition) is 1. The average Bonchev–Trinajstić information content (AvgIpc) is 3.72. The SMILES string of the molecule is CC=C(N=CN/C(CC)=C(\C(=O)N(C)CC=O)N1CCN(C(=O)C2(SC)CC2)CC1)C1=CCOCC1. The number of rotatable bonds is 11. The van der Waals surface area contributed by atoms with Crippen molar-refractivity contribution in [3.05, 3.63) is 34.8 Å². The van der Waals surface area contributed by atoms with Gasteiger partial charge in [0, 0.05) is 38.9 Å². The molecule has 1 N–H and O–H groups in total. The monoisotopic (exact) mass is 517 g/mol. The van der Waals surface area contributed by atoms with Gasteiger partial charge in [0.2, 0.25) is 5.91 Å². The number of likely N-dealkylation sites (N-methyl/N-ethyl adjacent to an activating group) is 1. The summed E-state index contributed by atoms with van der Waals surface area (Å²) in [5.41, 5.74) is 3.28. The molecule has 1 saturated heterocycles. The molecule has 0 aromatic heterocycles. The Morgan fingerprint density at radius 2 is 1.94 bits per heavy atom. The van der Waals surface area contributed by atoms with Crippen LogP contribution in [-0.2, 0) is 19.1 Å². The lowest BCUT2D eigenvalue weighted by Gasteiger charge is -2.39. The molecule has 198 valence electrons. The fraction of sp³-hybridized carbons (Fsp3) is 0.615. The van der Waals surface area contributed by atoms with Crippen LogP contribution in [0, 0.1) is 0 Å². The van der Waals surface area contributed by atoms with Crippen molar-refractivity contribution >= 4 is 36.2 Å². The summed E-state index contributed by atoms with van der Waals surface area (Å²) in [6.07, 6.45) is 11.6. The Hall–Kier alpha value is -2.59. The van der Waals surface area contributed by atoms with Gasteiger partial charge in [0.1, 0.15) is 12.0 Å². The molecule has 2 fully saturated rings. The number of aldehydes is 1. The molecule has 9 nitrogen and oxygen atoms in total. The third kappa shape index (κ3) is 6.59. The standard InChI is InChI=1S/C26H39N5O4S/c1-5-21(20-7-17-35-18-8-20)27-19-28-22(6-2)23(24(33)29(3)15-16-32)30-11-13-31(14-12-30)25(34)26(36-4)9-10-26/h5,7,16,19H,6,8-15,17-18H2,1-4H3,(H,27,28)/b21-5?,23-22+. The number of aliphatic imine (C=N–C) groups is 1. The van der Waals surface area contributed by atoms with Crippen molar-refractivity contribution in [3.63, 3.8) is 0 Å². The first-order valence-corrected chi connectivity index (χ1v) is 13.9. The van der Waals surface area contributed by atoms with E-state index in [9.17, 15) is 14.4 Å². The van der Waals surface area contributed by atoms with Crippen molar-refractivity contribution < 1.29 is 19.1 Å². The van der Waals surface area contributed by atoms with Crippen LogP contribution in [0.25, 0.3) is 0 Å². The molecule has 0 unspecified atom stereocenters. The number of thioether (sulfide) groups is 1. The van der Waals surface area contributed by atoms with Crippen LogP contribution in [0.2, 0.25) is 0 Å². The van der Waals surface area contributed by atoms with E-state index in [1.54, 1.807) is 25.1 Å². The third-order valence-electron chi connectivity index (χ3n) is 6.91. The number of amides is 2. The van der Waals surface area contributed by atoms with Crippen LogP contribution in [0.15, 0.2) is 39.8 Å². The summed E-state index contributed by atoms with van der Waals surface area (Å²) in [5.74, 6) is -0.00681. The Morgan fingerprint density at radius 1 is 1.25 bits per heavy atom. The summed E-state index contributed by atoms with van der Waals surface area (Å²) in [6, 6.07) is 0. The summed E-state index contributed by atoms with van der Waals surface area (Å²) in [4.78, 5) is 47.5. The summed E-state index contributed by atoms with van der Waals surface area (Å²) in [5, 5.41) is 3.25. The van der Waals surface area contributed by atoms with Crippen LogP contribution in [0.1, 0.15) is 39.5 Å². The van der Waals surface area contributed by atoms with Gasteiger partial charge in [-0.2, -0.15) is 0 Å². The molecule has 0 atom stereocenters. The van der Waals surface area contributed by atoms with Crippen molar-refractivity contribution in [2.24, 2.45) is 4.99 Å². The van der Waals surface area contributed by atoms with Crippen molar-refractivity contribution in [3.8, 4) is 0 Å². The number of nitrogens with zero attached hydrogens (tertiary/aromatic N) is 4. The van der Waals surface area contributed by atoms with Gasteiger partial charge < -0.3 is 29.5 Å². The van der Waals surface area contributed by atoms with Crippen LogP contribution < -0.4 is 5.32 Å². The zero-order valence-electron chi connectivity index (χ0n) is 21.9. The molecule has 2 amide bonds. The third-order valence-corrected chi connectivity index (χ3v) is 8.28. The van der Waals surface area contributed by atoms with E-state index in [2.05, 4.69) is 10.3 Å². The molecule has 0 radical (unpaired) electrons. The van der Waals surface area contributed by atoms with E-state index in [0.29, 0.717) is 51.5 Å². The van der Waals surface area contributed by atoms with Gasteiger partial charge in [-0.25, -0.2) is 4.99 Å². The summed E-state index contributed by atoms with van der Waals surface area (Å²) in [7, 11) is 1.63. The number of nitrogens with one attached hydrogen (secondary N) is 1. The van der Waals surface area contributed by atoms with Gasteiger partial charge in [-0.3, -0.25) is 9.59 Å². The van der Waals surface area contributed by atoms with E-state index in [-0.39, 0.29) is 23.1 Å². The van der Waals surface area contributed by atoms with Gasteiger partial charge in [0.05, 0.1) is 36.5 Å². The molecule has 0 bridgehead atoms. The van der Waals surface area contributed by atoms with Crippen molar-refractivity contribution in [2.45, 2.75) is 44.3 Å². The molecule has 3 aliphatic rings. The van der Waals surface area contributed by atoms with Gasteiger partial charge in [-0.1, -0.05) is 19.1 Å². The molecule has 10 heteroatoms. The first-order valence-electron chi connectivity index (χ1n) is 12.6. The van der Waals surface area contributed by atoms with Crippen LogP contribution in [-0.4, -0.2) is 103 Å². The normalized spacial score (nSPS) is 20.6. The largest absolute Gasteiger partial charge is 0.377 e. The van der Waals surface area contributed by atoms with E-state index in [1.807, 2.05) is 42.1 Å². The Bertz CT molecular complexity index is 946. The fourth-order valence-electron chi connectivity index (χ4n) is 4.49. The molecular weight excluding hydrogens is 478 g/mol. The first-order chi connectivity index (χ1) is 17.4. The number of carbonyl (C=O) groups is 3. The second kappa shape index (κ2) is 13.1. The molecule has 0 aromatic carbocycles. The van der Waals surface area contributed by atoms with Crippen molar-refractivity contribution in [2.75, 3.05) is 59.2 Å². The maximum Gasteiger partial charge on any atom is 0.272 e. The van der Waals surface area contributed by atoms with Crippen molar-refractivity contribution in [1.82, 2.24) is 20.0 Å². The molecule has 1 aliphatic carbocycles. The van der Waals surface area contributed by atoms with E-state index in [1.165, 1.54) is 4.90 Å². The minimum Gasteiger partial charge on any atom is -0.377 e. The molecule has 0 spiro atoms. The topological polar surface area (TPSA) is 94.5 Å². The van der Waals surface area contributed by atoms with Gasteiger partial charge in [-0.05, 0) is 44.4 Å². The lowest BCUT2D eigenvalue weighted by Crippen LogP contribution is -2.53. The predicted octanol–water partition coefficient (Wildman–Crippen LogP) is 2.17. The lowest BCUT2D eigenvalue weighted by molar-refractivity contribution is -0.133. The number of hydrogen-bond acceptors (Lipinski definition) is 7. The number of ether oxygens (including phenoxy) is 1. The lowest BCUT2D eigenvalue weighted by atomic mass is 10.1. The molecule has 0 aromatic rings. The quantitative estimate of drug-likeness (QED) is 0.194. The van der Waals surface area contributed by atoms with Crippen LogP contribution >= 0.6 is 11.8 Å². The minimum absolute atomic E-state index is 0.0149. The number of piperazine rings is 1. The van der Waals surface area contributed by atoms with Gasteiger partial charge >= 0.3 is 0 Å². The summed E-state index contributed by atoms with van der Waals surface area (Å²) >= 11 is 1.65. The first kappa shape index (κ1) is 28.0. The van der Waals surface area contributed by atoms with E-state index in [4.69, 9.17) is 4.74 Å². The molecular formula is C26H39N5O4S. The number of allylic oxidation sites excluding steroid dienone is 3. The highest BCUT2D eigenvalue weighted by atomic mass is 32.2. The molecule has 36 heavy (non-hydrogen) atoms. The van der Waals surface area contributed by atoms with Gasteiger partial charge in [-0.15, -0.1) is 11.8 Å². The van der Waals surface area contributed by atoms with Gasteiger partial charge in [0.25, 0.3) is 5.91 Å². The highest BCUT2D eigenvalue weighted by Gasteiger charge is 2.51. The molecule has 2 heterocycles. The average molecular weight is 518 g/mol. The van der Waals surface area contributed by atoms with Crippen LogP contribution in [0.5, 0.6) is 0 Å². The zero-order chi connectivity index (χ0) is 26.1. The van der Waals surface area contributed by atoms with E-state index in [0.717, 1.165) is 42.5 Å². The second-order valence-corrected chi connectivity index (χ2v) is 10.3. The van der Waals surface area contributed by atoms with Gasteiger partial charge in [0.15, 0.2) is 0 Å². The highest BCUT2D eigenvalue weighted by molar-refractivity contribution is 8.01. The van der Waals surface area contributed by atoms with E-state index < -0.39 is 0 Å². The minimum atomic E-state index is -0.238. The maximum atomic E-state index is 13.4. The molecule has 1 saturated carbocycles. The summed E-state index contributed by atoms with van der Waals surface area (Å²) < 4.78 is 5.16. The van der Waals surface area contributed by atoms with Crippen molar-refractivity contribution in [1.29, 1.82) is 0 Å². The Morgan fingerprint density at radius 3 is 2.47 bits per heavy atom. The van der Waals surface area contributed by atoms with E-state index >= 15 is 0 Å². The Balaban J connectivity index is 1.78. The smallest absolute Gasteiger partial charge is 0.272 e. The van der Waals surface area contributed by atoms with Crippen LogP contribution in [0.3, 0.4) is 0 Å². The maximum absolute atomic E-state index is 13.4. The molecule has 3 rings (SSSR count). The predicted molar refractivity (Wildman–Crippen MR) is 144 cm³/mol. The molecule has 2 aliphatic heterocycles. The zero-order valence-corrected chi connectivity index (χ0v) is 22.7. The Labute approximate surface area is 218 Å². The number of carbonyl (C=O) groups excluding carboxylic acids is 3. The Kier molecular flexibility index (Phi) is 10.2. The summed E-state index contributed by atoms with van der Waals surface area (Å²) in [6.45, 7) is 7.47.